The summed E-state index contributed by atoms with van der Waals surface area (Å²) in [7, 11) is 6.61. The number of fused-ring (bicyclic) bond motifs is 4. The van der Waals surface area contributed by atoms with Gasteiger partial charge in [-0.2, -0.15) is 0 Å². The van der Waals surface area contributed by atoms with E-state index in [1.807, 2.05) is 99.9 Å². The topological polar surface area (TPSA) is 379 Å². The highest BCUT2D eigenvalue weighted by Crippen LogP contribution is 2.45. The van der Waals surface area contributed by atoms with Crippen LogP contribution in [0.15, 0.2) is 115 Å². The molecule has 2 aliphatic rings. The van der Waals surface area contributed by atoms with Crippen molar-refractivity contribution in [3.63, 3.8) is 0 Å². The van der Waals surface area contributed by atoms with Crippen LogP contribution in [0, 0.1) is 30.5 Å². The second-order valence-corrected chi connectivity index (χ2v) is 29.8. The molecule has 29 nitrogen and oxygen atoms in total. The summed E-state index contributed by atoms with van der Waals surface area (Å²) in [5, 5.41) is 34.1. The van der Waals surface area contributed by atoms with Crippen LogP contribution in [0.25, 0.3) is 21.3 Å². The summed E-state index contributed by atoms with van der Waals surface area (Å²) in [6.45, 7) is 9.13. The number of nitrogens with two attached hydrogens (primary N) is 1. The number of ether oxygens (including phenoxy) is 7. The van der Waals surface area contributed by atoms with E-state index in [1.165, 1.54) is 34.8 Å². The number of para-hydroxylation sites is 1. The van der Waals surface area contributed by atoms with Crippen molar-refractivity contribution >= 4 is 114 Å². The number of thiazole rings is 2. The number of methoxy groups -OCH3 is 1. The van der Waals surface area contributed by atoms with Crippen LogP contribution in [0.2, 0.25) is 0 Å². The van der Waals surface area contributed by atoms with Gasteiger partial charge >= 0.3 is 42.0 Å². The highest BCUT2D eigenvalue weighted by Gasteiger charge is 2.54. The molecule has 5 amide bonds. The number of hydrogen-bond donors (Lipinski definition) is 7. The number of benzene rings is 5. The van der Waals surface area contributed by atoms with E-state index in [-0.39, 0.29) is 92.5 Å². The van der Waals surface area contributed by atoms with Crippen molar-refractivity contribution < 1.29 is 90.3 Å². The molecule has 111 heavy (non-hydrogen) atoms. The number of halogens is 1. The monoisotopic (exact) mass is 1560 g/mol. The molecule has 0 bridgehead atoms. The molecule has 584 valence electrons. The van der Waals surface area contributed by atoms with E-state index in [1.54, 1.807) is 50.1 Å². The molecular weight excluding hydrogens is 1470 g/mol. The van der Waals surface area contributed by atoms with Gasteiger partial charge in [0.15, 0.2) is 63.6 Å². The van der Waals surface area contributed by atoms with Crippen LogP contribution in [0.4, 0.5) is 41.6 Å². The number of urea groups is 1. The maximum absolute atomic E-state index is 15.8. The SMILES string of the molecule is COC(=O)[C@H]1O[C@@H](CCc2cc(NC(=O)[C@H](CCCNC(N)=O)NC(=O)[C@@H](NC(=O)OCC3c4ccccc4-c4ccccc43)C(C)C)ccc2C[N+](C)(C)CC#Cc2ccc(OCCCc3sc(N(C)c4cc(C)c(Nc5nc6ccccc6s5)nn4)nc3C(=O)O)c(F)c2)[C@H](OC(C)=O)[C@@H](OC(C)=O)[C@@H]1OC(C)=O. The summed E-state index contributed by atoms with van der Waals surface area (Å²) in [6, 6.07) is 31.5. The predicted octanol–water partition coefficient (Wildman–Crippen LogP) is 9.94. The molecule has 1 aliphatic heterocycles. The molecule has 1 saturated heterocycles. The number of aromatic carboxylic acids is 1. The van der Waals surface area contributed by atoms with Crippen LogP contribution in [-0.2, 0) is 76.6 Å². The maximum atomic E-state index is 15.8. The largest absolute Gasteiger partial charge is 0.491 e. The molecule has 0 spiro atoms. The third-order valence-electron chi connectivity index (χ3n) is 18.4. The fourth-order valence-electron chi connectivity index (χ4n) is 13.1. The second kappa shape index (κ2) is 37.2. The number of aromatic nitrogens is 4. The number of nitrogens with zero attached hydrogens (tertiary/aromatic N) is 6. The minimum Gasteiger partial charge on any atom is -0.491 e. The summed E-state index contributed by atoms with van der Waals surface area (Å²) in [5.41, 5.74) is 12.8. The Hall–Kier alpha value is -11.7. The van der Waals surface area contributed by atoms with Crippen LogP contribution >= 0.6 is 22.7 Å². The lowest BCUT2D eigenvalue weighted by Gasteiger charge is -2.43. The number of quaternary nitrogens is 1. The molecule has 0 unspecified atom stereocenters. The maximum Gasteiger partial charge on any atom is 0.407 e. The molecular formula is C79H88FN12O17S2+. The van der Waals surface area contributed by atoms with E-state index in [0.29, 0.717) is 49.9 Å². The lowest BCUT2D eigenvalue weighted by molar-refractivity contribution is -0.896. The Kier molecular flexibility index (Phi) is 27.4. The molecule has 0 saturated carbocycles. The standard InChI is InChI=1S/C79H87FN12O17S2/c1-43(2)65(87-79(102)105-42-56-54-23-13-11-21-52(54)53-22-12-14-24-55(53)56)73(97)84-59(26-17-35-82-76(81)101)72(96)83-51-32-30-50(49(40-51)31-34-61-67(106-45(4)93)68(107-46(5)94)69(108-47(6)95)70(109-61)75(100)103-10)41-92(8,9)36-18-20-48-29-33-60(57(80)39-48)104-37-19-28-63-66(74(98)99)86-78(111-63)91(7)64-38-44(3)71(90-89-64)88-77-85-58-25-15-16-27-62(58)110-77/h11-16,21-25,27,29-30,32-33,38-40,43,56,59,61,65,67-70H,17,19,26,28,31,34-37,41-42H2,1-10H3,(H7-,81,82,83,84,85,87,88,90,96,97,98,99,101,102)/p+1/t59-,61-,65-,67-,68+,69-,70-/m0/s1. The summed E-state index contributed by atoms with van der Waals surface area (Å²) < 4.78 is 57.0. The molecule has 10 rings (SSSR count). The molecule has 1 aliphatic carbocycles. The van der Waals surface area contributed by atoms with E-state index in [0.717, 1.165) is 65.9 Å². The fraction of sp³-hybridized carbons (Fsp3) is 0.380. The van der Waals surface area contributed by atoms with Crippen molar-refractivity contribution in [2.45, 2.75) is 135 Å². The normalized spacial score (nSPS) is 16.3. The first-order valence-electron chi connectivity index (χ1n) is 35.8. The quantitative estimate of drug-likeness (QED) is 0.00677. The number of rotatable bonds is 32. The number of amides is 5. The van der Waals surface area contributed by atoms with Gasteiger partial charge in [0.05, 0.1) is 44.1 Å². The number of alkyl carbamates (subject to hydrolysis) is 1. The van der Waals surface area contributed by atoms with Crippen LogP contribution in [0.1, 0.15) is 115 Å². The Morgan fingerprint density at radius 2 is 1.46 bits per heavy atom. The number of carbonyl (C=O) groups excluding carboxylic acids is 8. The van der Waals surface area contributed by atoms with Gasteiger partial charge in [0.25, 0.3) is 0 Å². The van der Waals surface area contributed by atoms with Crippen molar-refractivity contribution in [2.75, 3.05) is 70.1 Å². The zero-order valence-corrected chi connectivity index (χ0v) is 64.5. The average Bonchev–Trinajstić information content (AvgIpc) is 1.64. The fourth-order valence-corrected chi connectivity index (χ4v) is 15.0. The van der Waals surface area contributed by atoms with Gasteiger partial charge in [0, 0.05) is 62.0 Å². The number of primary amides is 1. The van der Waals surface area contributed by atoms with Crippen LogP contribution in [0.5, 0.6) is 5.75 Å². The minimum atomic E-state index is -1.66. The molecule has 7 atom stereocenters. The number of carboxylic acids is 1. The van der Waals surface area contributed by atoms with Crippen molar-refractivity contribution in [2.24, 2.45) is 11.7 Å². The summed E-state index contributed by atoms with van der Waals surface area (Å²) in [5.74, 6) is -0.415. The van der Waals surface area contributed by atoms with E-state index in [2.05, 4.69) is 58.6 Å². The average molecular weight is 1560 g/mol. The van der Waals surface area contributed by atoms with Crippen molar-refractivity contribution in [3.8, 4) is 28.7 Å². The van der Waals surface area contributed by atoms with E-state index in [9.17, 15) is 48.3 Å². The van der Waals surface area contributed by atoms with Gasteiger partial charge in [0.2, 0.25) is 11.8 Å². The second-order valence-electron chi connectivity index (χ2n) is 27.7. The number of carboxylic acid groups (broad SMARTS) is 1. The Morgan fingerprint density at radius 3 is 2.12 bits per heavy atom. The van der Waals surface area contributed by atoms with E-state index < -0.39 is 108 Å². The first-order chi connectivity index (χ1) is 53.0. The molecule has 8 N–H and O–H groups in total. The first kappa shape index (κ1) is 81.8. The third kappa shape index (κ3) is 21.4. The number of nitrogens with one attached hydrogen (secondary N) is 5. The Bertz CT molecular complexity index is 4770. The van der Waals surface area contributed by atoms with Gasteiger partial charge in [0.1, 0.15) is 31.8 Å². The predicted molar refractivity (Wildman–Crippen MR) is 411 cm³/mol. The van der Waals surface area contributed by atoms with Crippen molar-refractivity contribution in [3.05, 3.63) is 165 Å². The van der Waals surface area contributed by atoms with Gasteiger partial charge in [-0.25, -0.2) is 33.5 Å². The molecule has 8 aromatic rings. The number of carbonyl (C=O) groups is 9. The lowest BCUT2D eigenvalue weighted by atomic mass is 9.90. The van der Waals surface area contributed by atoms with Crippen LogP contribution in [-0.4, -0.2) is 181 Å². The number of aryl methyl sites for hydroxylation is 3. The van der Waals surface area contributed by atoms with Gasteiger partial charge in [-0.05, 0) is 139 Å². The Balaban J connectivity index is 0.827. The van der Waals surface area contributed by atoms with Crippen molar-refractivity contribution in [1.82, 2.24) is 36.1 Å². The van der Waals surface area contributed by atoms with Gasteiger partial charge in [-0.3, -0.25) is 24.0 Å². The molecule has 5 aromatic carbocycles. The summed E-state index contributed by atoms with van der Waals surface area (Å²) in [4.78, 5) is 130. The zero-order chi connectivity index (χ0) is 79.8. The molecule has 0 radical (unpaired) electrons. The minimum absolute atomic E-state index is 0.0136. The Morgan fingerprint density at radius 1 is 0.775 bits per heavy atom. The molecule has 3 aromatic heterocycles. The van der Waals surface area contributed by atoms with Gasteiger partial charge < -0.3 is 80.0 Å². The Labute approximate surface area is 648 Å². The summed E-state index contributed by atoms with van der Waals surface area (Å²) in [6.07, 6.45) is -7.61. The van der Waals surface area contributed by atoms with Gasteiger partial charge in [-0.1, -0.05) is 97.8 Å². The molecule has 1 fully saturated rings. The van der Waals surface area contributed by atoms with E-state index in [4.69, 9.17) is 38.9 Å². The number of esters is 4. The van der Waals surface area contributed by atoms with Crippen molar-refractivity contribution in [1.29, 1.82) is 0 Å². The van der Waals surface area contributed by atoms with Crippen LogP contribution < -0.4 is 42.0 Å². The smallest absolute Gasteiger partial charge is 0.407 e. The molecule has 4 heterocycles. The number of hydrogen-bond acceptors (Lipinski definition) is 24. The van der Waals surface area contributed by atoms with E-state index >= 15 is 4.39 Å². The number of anilines is 5. The highest BCUT2D eigenvalue weighted by atomic mass is 32.1. The zero-order valence-electron chi connectivity index (χ0n) is 62.9. The first-order valence-corrected chi connectivity index (χ1v) is 37.5. The molecule has 32 heteroatoms. The third-order valence-corrected chi connectivity index (χ3v) is 20.5. The lowest BCUT2D eigenvalue weighted by Crippen LogP contribution is -2.63. The highest BCUT2D eigenvalue weighted by molar-refractivity contribution is 7.22. The summed E-state index contributed by atoms with van der Waals surface area (Å²) >= 11 is 2.67. The van der Waals surface area contributed by atoms with Gasteiger partial charge in [-0.15, -0.1) is 21.5 Å². The van der Waals surface area contributed by atoms with Crippen LogP contribution in [0.3, 0.4) is 0 Å².